The van der Waals surface area contributed by atoms with Gasteiger partial charge in [0.1, 0.15) is 5.54 Å². The van der Waals surface area contributed by atoms with Crippen molar-refractivity contribution in [3.8, 4) is 0 Å². The van der Waals surface area contributed by atoms with E-state index in [0.717, 1.165) is 19.5 Å². The number of hydrogen-bond donors (Lipinski definition) is 1. The minimum absolute atomic E-state index is 0.118. The number of azo groups is 1. The van der Waals surface area contributed by atoms with E-state index in [2.05, 4.69) is 48.2 Å². The number of nitrogens with zero attached hydrogens (tertiary/aromatic N) is 3. The molecule has 1 fully saturated rings. The van der Waals surface area contributed by atoms with Crippen LogP contribution < -0.4 is 5.32 Å². The second-order valence-corrected chi connectivity index (χ2v) is 6.49. The zero-order chi connectivity index (χ0) is 13.2. The van der Waals surface area contributed by atoms with Gasteiger partial charge in [0.2, 0.25) is 0 Å². The average molecular weight is 250 g/mol. The summed E-state index contributed by atoms with van der Waals surface area (Å²) >= 11 is 0. The van der Waals surface area contributed by atoms with E-state index in [1.54, 1.807) is 0 Å². The Kier molecular flexibility index (Phi) is 3.85. The topological polar surface area (TPSA) is 49.1 Å². The first-order valence-corrected chi connectivity index (χ1v) is 7.13. The Bertz CT molecular complexity index is 349. The summed E-state index contributed by atoms with van der Waals surface area (Å²) in [5.41, 5.74) is 0.862. The van der Waals surface area contributed by atoms with Crippen LogP contribution in [0.25, 0.3) is 0 Å². The Morgan fingerprint density at radius 1 is 1.17 bits per heavy atom. The average Bonchev–Trinajstić information content (AvgIpc) is 2.99. The Balaban J connectivity index is 2.04. The van der Waals surface area contributed by atoms with E-state index in [4.69, 9.17) is 0 Å². The third-order valence-corrected chi connectivity index (χ3v) is 4.05. The van der Waals surface area contributed by atoms with Gasteiger partial charge in [0.15, 0.2) is 0 Å². The molecular weight excluding hydrogens is 224 g/mol. The summed E-state index contributed by atoms with van der Waals surface area (Å²) in [7, 11) is 0. The standard InChI is InChI=1S/C14H26N4/c1-13(2,11-7-5-9-15-11)17-18-14(3,4)12-8-6-10-16-12/h11,15H,5-10H2,1-4H3. The van der Waals surface area contributed by atoms with Crippen molar-refractivity contribution in [2.24, 2.45) is 15.2 Å². The van der Waals surface area contributed by atoms with Crippen molar-refractivity contribution in [1.29, 1.82) is 0 Å². The van der Waals surface area contributed by atoms with E-state index in [1.165, 1.54) is 25.0 Å². The van der Waals surface area contributed by atoms with Crippen LogP contribution in [0, 0.1) is 0 Å². The summed E-state index contributed by atoms with van der Waals surface area (Å²) in [6.07, 6.45) is 4.70. The molecule has 0 aromatic heterocycles. The van der Waals surface area contributed by atoms with Crippen LogP contribution in [0.3, 0.4) is 0 Å². The summed E-state index contributed by atoms with van der Waals surface area (Å²) in [6.45, 7) is 10.7. The van der Waals surface area contributed by atoms with Gasteiger partial charge in [-0.3, -0.25) is 4.99 Å². The Morgan fingerprint density at radius 2 is 1.94 bits per heavy atom. The summed E-state index contributed by atoms with van der Waals surface area (Å²) in [5, 5.41) is 12.8. The number of hydrogen-bond acceptors (Lipinski definition) is 4. The molecule has 102 valence electrons. The van der Waals surface area contributed by atoms with Crippen LogP contribution in [-0.2, 0) is 0 Å². The van der Waals surface area contributed by atoms with E-state index >= 15 is 0 Å². The molecular formula is C14H26N4. The molecule has 1 atom stereocenters. The summed E-state index contributed by atoms with van der Waals surface area (Å²) < 4.78 is 0. The lowest BCUT2D eigenvalue weighted by Gasteiger charge is -2.28. The molecule has 1 unspecified atom stereocenters. The fraction of sp³-hybridized carbons (Fsp3) is 0.929. The van der Waals surface area contributed by atoms with E-state index in [9.17, 15) is 0 Å². The molecule has 4 nitrogen and oxygen atoms in total. The van der Waals surface area contributed by atoms with Crippen molar-refractivity contribution < 1.29 is 0 Å². The first-order valence-electron chi connectivity index (χ1n) is 7.13. The van der Waals surface area contributed by atoms with Crippen LogP contribution in [0.5, 0.6) is 0 Å². The van der Waals surface area contributed by atoms with E-state index in [0.29, 0.717) is 6.04 Å². The first-order chi connectivity index (χ1) is 8.42. The highest BCUT2D eigenvalue weighted by Gasteiger charge is 2.33. The van der Waals surface area contributed by atoms with Gasteiger partial charge in [-0.2, -0.15) is 10.2 Å². The molecule has 0 aromatic carbocycles. The highest BCUT2D eigenvalue weighted by molar-refractivity contribution is 5.94. The molecule has 1 N–H and O–H groups in total. The largest absolute Gasteiger partial charge is 0.312 e. The van der Waals surface area contributed by atoms with Crippen molar-refractivity contribution in [1.82, 2.24) is 5.32 Å². The van der Waals surface area contributed by atoms with E-state index < -0.39 is 0 Å². The maximum absolute atomic E-state index is 4.64. The molecule has 1 saturated heterocycles. The number of rotatable bonds is 4. The van der Waals surface area contributed by atoms with Crippen LogP contribution in [-0.4, -0.2) is 35.9 Å². The maximum atomic E-state index is 4.64. The van der Waals surface area contributed by atoms with Gasteiger partial charge in [-0.1, -0.05) is 0 Å². The quantitative estimate of drug-likeness (QED) is 0.766. The lowest BCUT2D eigenvalue weighted by Crippen LogP contribution is -2.42. The molecule has 0 aliphatic carbocycles. The van der Waals surface area contributed by atoms with Gasteiger partial charge >= 0.3 is 0 Å². The molecule has 18 heavy (non-hydrogen) atoms. The third kappa shape index (κ3) is 2.97. The Morgan fingerprint density at radius 3 is 2.50 bits per heavy atom. The van der Waals surface area contributed by atoms with Gasteiger partial charge in [-0.25, -0.2) is 0 Å². The molecule has 0 bridgehead atoms. The third-order valence-electron chi connectivity index (χ3n) is 4.05. The SMILES string of the molecule is CC(C)(N=NC(C)(C)C1CCCN1)C1=NCCC1. The molecule has 0 saturated carbocycles. The Labute approximate surface area is 110 Å². The lowest BCUT2D eigenvalue weighted by atomic mass is 9.94. The number of aliphatic imine (C=N–C) groups is 1. The van der Waals surface area contributed by atoms with Crippen molar-refractivity contribution in [3.63, 3.8) is 0 Å². The molecule has 4 heteroatoms. The lowest BCUT2D eigenvalue weighted by molar-refractivity contribution is 0.354. The van der Waals surface area contributed by atoms with E-state index in [-0.39, 0.29) is 11.1 Å². The molecule has 0 amide bonds. The predicted molar refractivity (Wildman–Crippen MR) is 75.6 cm³/mol. The van der Waals surface area contributed by atoms with E-state index in [1.807, 2.05) is 0 Å². The van der Waals surface area contributed by atoms with Gasteiger partial charge in [0.25, 0.3) is 0 Å². The van der Waals surface area contributed by atoms with Gasteiger partial charge in [-0.15, -0.1) is 0 Å². The van der Waals surface area contributed by atoms with Gasteiger partial charge in [0, 0.05) is 18.3 Å². The second-order valence-electron chi connectivity index (χ2n) is 6.49. The molecule has 2 aliphatic heterocycles. The molecule has 0 radical (unpaired) electrons. The molecule has 0 spiro atoms. The van der Waals surface area contributed by atoms with Crippen LogP contribution in [0.15, 0.2) is 15.2 Å². The predicted octanol–water partition coefficient (Wildman–Crippen LogP) is 2.98. The van der Waals surface area contributed by atoms with Crippen molar-refractivity contribution in [2.45, 2.75) is 70.5 Å². The van der Waals surface area contributed by atoms with Gasteiger partial charge in [-0.05, 0) is 59.9 Å². The number of nitrogens with one attached hydrogen (secondary N) is 1. The minimum Gasteiger partial charge on any atom is -0.312 e. The molecule has 2 heterocycles. The minimum atomic E-state index is -0.230. The van der Waals surface area contributed by atoms with Crippen molar-refractivity contribution >= 4 is 5.71 Å². The van der Waals surface area contributed by atoms with Gasteiger partial charge in [0.05, 0.1) is 5.54 Å². The highest BCUT2D eigenvalue weighted by atomic mass is 15.2. The summed E-state index contributed by atoms with van der Waals surface area (Å²) in [5.74, 6) is 0. The fourth-order valence-electron chi connectivity index (χ4n) is 2.71. The molecule has 2 aliphatic rings. The Hall–Kier alpha value is -0.770. The summed E-state index contributed by atoms with van der Waals surface area (Å²) in [6, 6.07) is 0.461. The molecule has 2 rings (SSSR count). The van der Waals surface area contributed by atoms with Gasteiger partial charge < -0.3 is 5.32 Å². The molecule has 0 aromatic rings. The normalized spacial score (nSPS) is 26.0. The second kappa shape index (κ2) is 5.08. The monoisotopic (exact) mass is 250 g/mol. The summed E-state index contributed by atoms with van der Waals surface area (Å²) in [4.78, 5) is 4.55. The van der Waals surface area contributed by atoms with Crippen LogP contribution in [0.2, 0.25) is 0 Å². The van der Waals surface area contributed by atoms with Crippen molar-refractivity contribution in [2.75, 3.05) is 13.1 Å². The van der Waals surface area contributed by atoms with Crippen LogP contribution in [0.4, 0.5) is 0 Å². The maximum Gasteiger partial charge on any atom is 0.113 e. The van der Waals surface area contributed by atoms with Crippen molar-refractivity contribution in [3.05, 3.63) is 0 Å². The smallest absolute Gasteiger partial charge is 0.113 e. The zero-order valence-corrected chi connectivity index (χ0v) is 12.2. The van der Waals surface area contributed by atoms with Crippen LogP contribution >= 0.6 is 0 Å². The first kappa shape index (κ1) is 13.7. The fourth-order valence-corrected chi connectivity index (χ4v) is 2.71. The highest BCUT2D eigenvalue weighted by Crippen LogP contribution is 2.26. The van der Waals surface area contributed by atoms with Crippen LogP contribution in [0.1, 0.15) is 53.4 Å². The zero-order valence-electron chi connectivity index (χ0n) is 12.2.